The van der Waals surface area contributed by atoms with Gasteiger partial charge in [0.2, 0.25) is 0 Å². The molecule has 0 aromatic heterocycles. The fraction of sp³-hybridized carbons (Fsp3) is 0.917. The molecule has 4 heteroatoms. The third-order valence-electron chi connectivity index (χ3n) is 3.11. The summed E-state index contributed by atoms with van der Waals surface area (Å²) >= 11 is 0. The molecule has 1 unspecified atom stereocenters. The Bertz CT molecular complexity index is 208. The molecule has 0 saturated carbocycles. The molecule has 1 aliphatic heterocycles. The van der Waals surface area contributed by atoms with E-state index < -0.39 is 5.97 Å². The number of ether oxygens (including phenoxy) is 1. The standard InChI is InChI=1S/C12H23NO3/c1-2-13-7-4-3-5-11(9-13)10-16-8-6-12(14)15/h11H,2-10H2,1H3,(H,14,15). The summed E-state index contributed by atoms with van der Waals surface area (Å²) in [7, 11) is 0. The zero-order chi connectivity index (χ0) is 11.8. The van der Waals surface area contributed by atoms with E-state index in [0.29, 0.717) is 19.1 Å². The van der Waals surface area contributed by atoms with Crippen molar-refractivity contribution in [3.8, 4) is 0 Å². The molecule has 0 aromatic carbocycles. The van der Waals surface area contributed by atoms with E-state index in [2.05, 4.69) is 11.8 Å². The first-order valence-electron chi connectivity index (χ1n) is 6.24. The molecule has 0 spiro atoms. The molecule has 1 rings (SSSR count). The van der Waals surface area contributed by atoms with Crippen molar-refractivity contribution in [2.24, 2.45) is 5.92 Å². The predicted molar refractivity (Wildman–Crippen MR) is 62.5 cm³/mol. The van der Waals surface area contributed by atoms with Crippen LogP contribution in [0.3, 0.4) is 0 Å². The minimum atomic E-state index is -0.781. The summed E-state index contributed by atoms with van der Waals surface area (Å²) in [4.78, 5) is 12.8. The summed E-state index contributed by atoms with van der Waals surface area (Å²) in [6.07, 6.45) is 3.87. The van der Waals surface area contributed by atoms with E-state index in [1.807, 2.05) is 0 Å². The molecule has 0 radical (unpaired) electrons. The number of carboxylic acids is 1. The highest BCUT2D eigenvalue weighted by molar-refractivity contribution is 5.66. The Morgan fingerprint density at radius 3 is 3.00 bits per heavy atom. The molecule has 4 nitrogen and oxygen atoms in total. The number of carbonyl (C=O) groups is 1. The van der Waals surface area contributed by atoms with Gasteiger partial charge in [-0.15, -0.1) is 0 Å². The van der Waals surface area contributed by atoms with Gasteiger partial charge in [-0.3, -0.25) is 4.79 Å². The number of nitrogens with zero attached hydrogens (tertiary/aromatic N) is 1. The largest absolute Gasteiger partial charge is 0.481 e. The SMILES string of the molecule is CCN1CCCCC(COCCC(=O)O)C1. The molecule has 1 N–H and O–H groups in total. The van der Waals surface area contributed by atoms with Crippen molar-refractivity contribution in [1.82, 2.24) is 4.90 Å². The average molecular weight is 229 g/mol. The molecule has 1 aliphatic rings. The first-order chi connectivity index (χ1) is 7.72. The number of rotatable bonds is 6. The number of aliphatic carboxylic acids is 1. The zero-order valence-corrected chi connectivity index (χ0v) is 10.2. The van der Waals surface area contributed by atoms with Gasteiger partial charge in [0.1, 0.15) is 0 Å². The lowest BCUT2D eigenvalue weighted by atomic mass is 10.0. The van der Waals surface area contributed by atoms with E-state index in [1.165, 1.54) is 25.8 Å². The Morgan fingerprint density at radius 2 is 2.31 bits per heavy atom. The molecule has 0 bridgehead atoms. The van der Waals surface area contributed by atoms with E-state index in [4.69, 9.17) is 9.84 Å². The molecular formula is C12H23NO3. The van der Waals surface area contributed by atoms with Gasteiger partial charge < -0.3 is 14.7 Å². The predicted octanol–water partition coefficient (Wildman–Crippen LogP) is 1.60. The van der Waals surface area contributed by atoms with Gasteiger partial charge in [-0.05, 0) is 31.8 Å². The smallest absolute Gasteiger partial charge is 0.305 e. The van der Waals surface area contributed by atoms with Crippen molar-refractivity contribution in [3.63, 3.8) is 0 Å². The molecule has 1 heterocycles. The van der Waals surface area contributed by atoms with Crippen LogP contribution in [0.2, 0.25) is 0 Å². The van der Waals surface area contributed by atoms with E-state index >= 15 is 0 Å². The lowest BCUT2D eigenvalue weighted by molar-refractivity contribution is -0.138. The van der Waals surface area contributed by atoms with Crippen molar-refractivity contribution < 1.29 is 14.6 Å². The first kappa shape index (κ1) is 13.5. The summed E-state index contributed by atoms with van der Waals surface area (Å²) in [5, 5.41) is 8.49. The minimum Gasteiger partial charge on any atom is -0.481 e. The molecule has 1 fully saturated rings. The molecule has 0 aliphatic carbocycles. The Hall–Kier alpha value is -0.610. The highest BCUT2D eigenvalue weighted by Crippen LogP contribution is 2.16. The normalized spacial score (nSPS) is 22.9. The highest BCUT2D eigenvalue weighted by atomic mass is 16.5. The topological polar surface area (TPSA) is 49.8 Å². The van der Waals surface area contributed by atoms with Crippen molar-refractivity contribution in [2.75, 3.05) is 32.8 Å². The summed E-state index contributed by atoms with van der Waals surface area (Å²) in [5.41, 5.74) is 0. The van der Waals surface area contributed by atoms with E-state index in [0.717, 1.165) is 13.1 Å². The van der Waals surface area contributed by atoms with Crippen molar-refractivity contribution in [2.45, 2.75) is 32.6 Å². The molecular weight excluding hydrogens is 206 g/mol. The molecule has 1 saturated heterocycles. The van der Waals surface area contributed by atoms with Gasteiger partial charge in [0.15, 0.2) is 0 Å². The van der Waals surface area contributed by atoms with Crippen LogP contribution in [0.15, 0.2) is 0 Å². The van der Waals surface area contributed by atoms with Crippen LogP contribution in [0.4, 0.5) is 0 Å². The molecule has 0 aromatic rings. The fourth-order valence-electron chi connectivity index (χ4n) is 2.15. The number of carboxylic acid groups (broad SMARTS) is 1. The van der Waals surface area contributed by atoms with Crippen LogP contribution < -0.4 is 0 Å². The molecule has 1 atom stereocenters. The number of hydrogen-bond donors (Lipinski definition) is 1. The maximum absolute atomic E-state index is 10.3. The lowest BCUT2D eigenvalue weighted by Gasteiger charge is -2.22. The molecule has 94 valence electrons. The summed E-state index contributed by atoms with van der Waals surface area (Å²) < 4.78 is 5.42. The Labute approximate surface area is 97.6 Å². The van der Waals surface area contributed by atoms with Crippen LogP contribution in [-0.4, -0.2) is 48.8 Å². The van der Waals surface area contributed by atoms with Crippen molar-refractivity contribution in [1.29, 1.82) is 0 Å². The van der Waals surface area contributed by atoms with Crippen LogP contribution >= 0.6 is 0 Å². The second kappa shape index (κ2) is 7.63. The number of likely N-dealkylation sites (tertiary alicyclic amines) is 1. The van der Waals surface area contributed by atoms with E-state index in [9.17, 15) is 4.79 Å². The van der Waals surface area contributed by atoms with Gasteiger partial charge in [0.05, 0.1) is 19.6 Å². The third kappa shape index (κ3) is 5.47. The monoisotopic (exact) mass is 229 g/mol. The van der Waals surface area contributed by atoms with Crippen LogP contribution in [0, 0.1) is 5.92 Å². The summed E-state index contributed by atoms with van der Waals surface area (Å²) in [6.45, 7) is 6.65. The van der Waals surface area contributed by atoms with Crippen molar-refractivity contribution in [3.05, 3.63) is 0 Å². The summed E-state index contributed by atoms with van der Waals surface area (Å²) in [6, 6.07) is 0. The third-order valence-corrected chi connectivity index (χ3v) is 3.11. The van der Waals surface area contributed by atoms with Gasteiger partial charge in [-0.1, -0.05) is 13.3 Å². The zero-order valence-electron chi connectivity index (χ0n) is 10.2. The van der Waals surface area contributed by atoms with Crippen LogP contribution in [0.5, 0.6) is 0 Å². The van der Waals surface area contributed by atoms with Crippen LogP contribution in [0.25, 0.3) is 0 Å². The van der Waals surface area contributed by atoms with Gasteiger partial charge in [0, 0.05) is 6.54 Å². The van der Waals surface area contributed by atoms with E-state index in [1.54, 1.807) is 0 Å². The maximum Gasteiger partial charge on any atom is 0.305 e. The molecule has 16 heavy (non-hydrogen) atoms. The number of hydrogen-bond acceptors (Lipinski definition) is 3. The molecule has 0 amide bonds. The second-order valence-corrected chi connectivity index (χ2v) is 4.47. The quantitative estimate of drug-likeness (QED) is 0.703. The van der Waals surface area contributed by atoms with Gasteiger partial charge in [-0.2, -0.15) is 0 Å². The van der Waals surface area contributed by atoms with Gasteiger partial charge in [0.25, 0.3) is 0 Å². The minimum absolute atomic E-state index is 0.115. The Kier molecular flexibility index (Phi) is 6.42. The van der Waals surface area contributed by atoms with Crippen LogP contribution in [0.1, 0.15) is 32.6 Å². The van der Waals surface area contributed by atoms with Gasteiger partial charge >= 0.3 is 5.97 Å². The first-order valence-corrected chi connectivity index (χ1v) is 6.24. The highest BCUT2D eigenvalue weighted by Gasteiger charge is 2.17. The van der Waals surface area contributed by atoms with E-state index in [-0.39, 0.29) is 6.42 Å². The maximum atomic E-state index is 10.3. The van der Waals surface area contributed by atoms with Gasteiger partial charge in [-0.25, -0.2) is 0 Å². The fourth-order valence-corrected chi connectivity index (χ4v) is 2.15. The summed E-state index contributed by atoms with van der Waals surface area (Å²) in [5.74, 6) is -0.202. The average Bonchev–Trinajstić information content (AvgIpc) is 2.49. The van der Waals surface area contributed by atoms with Crippen LogP contribution in [-0.2, 0) is 9.53 Å². The Morgan fingerprint density at radius 1 is 1.50 bits per heavy atom. The Balaban J connectivity index is 2.16. The second-order valence-electron chi connectivity index (χ2n) is 4.47. The lowest BCUT2D eigenvalue weighted by Crippen LogP contribution is -2.30. The van der Waals surface area contributed by atoms with Crippen molar-refractivity contribution >= 4 is 5.97 Å².